The van der Waals surface area contributed by atoms with E-state index in [9.17, 15) is 13.6 Å². The molecule has 6 aromatic rings. The minimum atomic E-state index is -3.28. The van der Waals surface area contributed by atoms with Crippen LogP contribution in [0.15, 0.2) is 102 Å². The van der Waals surface area contributed by atoms with Gasteiger partial charge in [-0.25, -0.2) is 13.3 Å². The maximum atomic E-state index is 14.9. The summed E-state index contributed by atoms with van der Waals surface area (Å²) in [4.78, 5) is 22.4. The number of hydrogen-bond donors (Lipinski definition) is 1. The Kier molecular flexibility index (Phi) is 8.91. The molecule has 3 aromatic carbocycles. The molecule has 0 unspecified atom stereocenters. The molecule has 0 bridgehead atoms. The van der Waals surface area contributed by atoms with Crippen molar-refractivity contribution in [2.45, 2.75) is 70.4 Å². The monoisotopic (exact) mass is 692 g/mol. The standard InChI is InChI=1S/C38H38F2N6O3Si/c1-24-15-16-26(19-30(24)43-37(47)29-21-42-46-23-31(25-17-18-25)41-22-32(29)46)36-44-34(48-45-36)20-33(35(39)40)49-50(38(2,3)4,27-11-7-5-8-12-27)28-13-9-6-10-14-28/h5-16,19,21-23,25,33,35H,17-18,20H2,1-4H3,(H,43,47)/t33-/m0/s1. The molecule has 1 fully saturated rings. The minimum absolute atomic E-state index is 0.0267. The smallest absolute Gasteiger partial charge is 0.263 e. The number of anilines is 1. The number of benzene rings is 3. The highest BCUT2D eigenvalue weighted by Crippen LogP contribution is 2.40. The van der Waals surface area contributed by atoms with Gasteiger partial charge in [0.2, 0.25) is 11.7 Å². The number of fused-ring (bicyclic) bond motifs is 1. The molecule has 9 nitrogen and oxygen atoms in total. The lowest BCUT2D eigenvalue weighted by molar-refractivity contribution is 0.00243. The number of carbonyl (C=O) groups excluding carboxylic acids is 1. The van der Waals surface area contributed by atoms with Gasteiger partial charge in [0.25, 0.3) is 20.7 Å². The fourth-order valence-corrected chi connectivity index (χ4v) is 11.1. The van der Waals surface area contributed by atoms with Crippen molar-refractivity contribution in [2.75, 3.05) is 5.32 Å². The lowest BCUT2D eigenvalue weighted by Crippen LogP contribution is -2.68. The second kappa shape index (κ2) is 13.3. The van der Waals surface area contributed by atoms with Crippen LogP contribution in [-0.4, -0.2) is 51.5 Å². The van der Waals surface area contributed by atoms with Crippen LogP contribution in [0.1, 0.15) is 67.0 Å². The Labute approximate surface area is 289 Å². The molecule has 7 rings (SSSR count). The van der Waals surface area contributed by atoms with Gasteiger partial charge in [0.05, 0.1) is 41.8 Å². The number of nitrogens with one attached hydrogen (secondary N) is 1. The lowest BCUT2D eigenvalue weighted by Gasteiger charge is -2.44. The first-order valence-electron chi connectivity index (χ1n) is 16.7. The molecule has 1 N–H and O–H groups in total. The topological polar surface area (TPSA) is 107 Å². The molecule has 256 valence electrons. The molecule has 12 heteroatoms. The number of aromatic nitrogens is 5. The fourth-order valence-electron chi connectivity index (χ4n) is 6.48. The first kappa shape index (κ1) is 33.4. The fraction of sp³-hybridized carbons (Fsp3) is 0.289. The molecule has 1 amide bonds. The molecule has 1 aliphatic rings. The van der Waals surface area contributed by atoms with E-state index < -0.39 is 25.9 Å². The van der Waals surface area contributed by atoms with Gasteiger partial charge in [-0.3, -0.25) is 9.78 Å². The maximum Gasteiger partial charge on any atom is 0.263 e. The third-order valence-corrected chi connectivity index (χ3v) is 14.3. The lowest BCUT2D eigenvalue weighted by atomic mass is 10.1. The minimum Gasteiger partial charge on any atom is -0.398 e. The van der Waals surface area contributed by atoms with Gasteiger partial charge in [0, 0.05) is 17.2 Å². The summed E-state index contributed by atoms with van der Waals surface area (Å²) in [7, 11) is -3.28. The molecular weight excluding hydrogens is 655 g/mol. The number of amides is 1. The predicted octanol–water partition coefficient (Wildman–Crippen LogP) is 6.97. The van der Waals surface area contributed by atoms with Crippen LogP contribution in [0.25, 0.3) is 16.9 Å². The third-order valence-electron chi connectivity index (χ3n) is 9.28. The first-order chi connectivity index (χ1) is 24.0. The number of halogens is 2. The van der Waals surface area contributed by atoms with E-state index in [0.29, 0.717) is 28.2 Å². The molecule has 3 heterocycles. The Hall–Kier alpha value is -5.07. The van der Waals surface area contributed by atoms with E-state index in [1.165, 1.54) is 6.20 Å². The van der Waals surface area contributed by atoms with Crippen LogP contribution in [0.3, 0.4) is 0 Å². The van der Waals surface area contributed by atoms with E-state index in [-0.39, 0.29) is 24.0 Å². The second-order valence-electron chi connectivity index (χ2n) is 13.8. The van der Waals surface area contributed by atoms with E-state index in [4.69, 9.17) is 8.95 Å². The van der Waals surface area contributed by atoms with Gasteiger partial charge >= 0.3 is 0 Å². The summed E-state index contributed by atoms with van der Waals surface area (Å²) in [5.74, 6) is 0.365. The number of aryl methyl sites for hydroxylation is 1. The Morgan fingerprint density at radius 1 is 1.02 bits per heavy atom. The SMILES string of the molecule is Cc1ccc(-c2noc(C[C@H](O[Si](c3ccccc3)(c3ccccc3)C(C)(C)C)C(F)F)n2)cc1NC(=O)c1cnn2cc(C3CC3)ncc12. The van der Waals surface area contributed by atoms with Gasteiger partial charge in [-0.15, -0.1) is 0 Å². The van der Waals surface area contributed by atoms with Crippen LogP contribution in [0.5, 0.6) is 0 Å². The van der Waals surface area contributed by atoms with Crippen LogP contribution in [0.2, 0.25) is 5.04 Å². The maximum absolute atomic E-state index is 14.9. The summed E-state index contributed by atoms with van der Waals surface area (Å²) < 4.78 is 43.8. The zero-order valence-electron chi connectivity index (χ0n) is 28.3. The summed E-state index contributed by atoms with van der Waals surface area (Å²) in [6, 6.07) is 24.7. The molecule has 0 spiro atoms. The van der Waals surface area contributed by atoms with E-state index in [0.717, 1.165) is 34.5 Å². The molecule has 0 saturated heterocycles. The van der Waals surface area contributed by atoms with Crippen LogP contribution in [-0.2, 0) is 10.8 Å². The van der Waals surface area contributed by atoms with Crippen molar-refractivity contribution in [1.82, 2.24) is 24.7 Å². The van der Waals surface area contributed by atoms with Gasteiger partial charge in [0.15, 0.2) is 0 Å². The number of carbonyl (C=O) groups is 1. The van der Waals surface area contributed by atoms with Crippen LogP contribution >= 0.6 is 0 Å². The highest BCUT2D eigenvalue weighted by Gasteiger charge is 2.52. The van der Waals surface area contributed by atoms with Gasteiger partial charge in [0.1, 0.15) is 6.10 Å². The average molecular weight is 693 g/mol. The number of alkyl halides is 2. The Morgan fingerprint density at radius 3 is 2.32 bits per heavy atom. The molecule has 1 saturated carbocycles. The summed E-state index contributed by atoms with van der Waals surface area (Å²) >= 11 is 0. The largest absolute Gasteiger partial charge is 0.398 e. The van der Waals surface area contributed by atoms with Crippen molar-refractivity contribution in [3.63, 3.8) is 0 Å². The van der Waals surface area contributed by atoms with Crippen molar-refractivity contribution < 1.29 is 22.5 Å². The highest BCUT2D eigenvalue weighted by molar-refractivity contribution is 6.99. The molecule has 1 atom stereocenters. The van der Waals surface area contributed by atoms with E-state index in [1.54, 1.807) is 22.8 Å². The van der Waals surface area contributed by atoms with Crippen molar-refractivity contribution in [2.24, 2.45) is 0 Å². The van der Waals surface area contributed by atoms with Gasteiger partial charge in [-0.2, -0.15) is 10.1 Å². The zero-order valence-corrected chi connectivity index (χ0v) is 29.3. The van der Waals surface area contributed by atoms with Crippen molar-refractivity contribution in [3.8, 4) is 11.4 Å². The summed E-state index contributed by atoms with van der Waals surface area (Å²) in [5.41, 5.74) is 3.89. The second-order valence-corrected chi connectivity index (χ2v) is 18.1. The normalized spacial score (nSPS) is 14.3. The van der Waals surface area contributed by atoms with Crippen molar-refractivity contribution in [3.05, 3.63) is 120 Å². The summed E-state index contributed by atoms with van der Waals surface area (Å²) in [6.45, 7) is 7.99. The van der Waals surface area contributed by atoms with Crippen molar-refractivity contribution >= 4 is 35.8 Å². The summed E-state index contributed by atoms with van der Waals surface area (Å²) in [5, 5.41) is 12.8. The quantitative estimate of drug-likeness (QED) is 0.146. The Balaban J connectivity index is 1.13. The number of nitrogens with zero attached hydrogens (tertiary/aromatic N) is 5. The molecule has 3 aromatic heterocycles. The molecule has 50 heavy (non-hydrogen) atoms. The Bertz CT molecular complexity index is 2090. The predicted molar refractivity (Wildman–Crippen MR) is 190 cm³/mol. The van der Waals surface area contributed by atoms with Gasteiger partial charge in [-0.05, 0) is 46.8 Å². The van der Waals surface area contributed by atoms with Gasteiger partial charge < -0.3 is 14.3 Å². The first-order valence-corrected chi connectivity index (χ1v) is 18.6. The van der Waals surface area contributed by atoms with E-state index in [2.05, 4.69) is 25.5 Å². The molecule has 0 aliphatic heterocycles. The average Bonchev–Trinajstić information content (AvgIpc) is 3.70. The van der Waals surface area contributed by atoms with Crippen LogP contribution < -0.4 is 15.7 Å². The molecule has 0 radical (unpaired) electrons. The Morgan fingerprint density at radius 2 is 1.70 bits per heavy atom. The van der Waals surface area contributed by atoms with E-state index >= 15 is 0 Å². The highest BCUT2D eigenvalue weighted by atomic mass is 28.4. The number of rotatable bonds is 11. The zero-order chi connectivity index (χ0) is 35.0. The third kappa shape index (κ3) is 6.48. The van der Waals surface area contributed by atoms with Crippen molar-refractivity contribution in [1.29, 1.82) is 0 Å². The van der Waals surface area contributed by atoms with Crippen LogP contribution in [0, 0.1) is 6.92 Å². The van der Waals surface area contributed by atoms with Crippen LogP contribution in [0.4, 0.5) is 14.5 Å². The van der Waals surface area contributed by atoms with Gasteiger partial charge in [-0.1, -0.05) is 98.7 Å². The number of hydrogen-bond acceptors (Lipinski definition) is 7. The van der Waals surface area contributed by atoms with E-state index in [1.807, 2.05) is 101 Å². The molecular formula is C38H38F2N6O3Si. The summed E-state index contributed by atoms with van der Waals surface area (Å²) in [6.07, 6.45) is 2.72. The molecule has 1 aliphatic carbocycles.